The van der Waals surface area contributed by atoms with Crippen molar-refractivity contribution in [2.45, 2.75) is 6.54 Å². The molecule has 0 spiro atoms. The van der Waals surface area contributed by atoms with Crippen molar-refractivity contribution in [3.63, 3.8) is 0 Å². The minimum absolute atomic E-state index is 0.159. The molecule has 0 aliphatic heterocycles. The van der Waals surface area contributed by atoms with Crippen LogP contribution in [0.15, 0.2) is 60.7 Å². The Morgan fingerprint density at radius 3 is 2.40 bits per heavy atom. The highest BCUT2D eigenvalue weighted by atomic mass is 19.2. The number of hydrogen-bond acceptors (Lipinski definition) is 4. The van der Waals surface area contributed by atoms with Gasteiger partial charge in [-0.1, -0.05) is 30.3 Å². The molecule has 7 heteroatoms. The number of halogens is 2. The maximum atomic E-state index is 13.2. The highest BCUT2D eigenvalue weighted by Crippen LogP contribution is 2.17. The molecule has 0 atom stereocenters. The highest BCUT2D eigenvalue weighted by molar-refractivity contribution is 5.92. The topological polar surface area (TPSA) is 66.9 Å². The lowest BCUT2D eigenvalue weighted by Gasteiger charge is -2.07. The molecule has 1 heterocycles. The van der Waals surface area contributed by atoms with Gasteiger partial charge in [0.1, 0.15) is 0 Å². The summed E-state index contributed by atoms with van der Waals surface area (Å²) in [5.74, 6) is -1.93. The summed E-state index contributed by atoms with van der Waals surface area (Å²) in [5.41, 5.74) is 1.46. The zero-order chi connectivity index (χ0) is 17.6. The third kappa shape index (κ3) is 4.35. The van der Waals surface area contributed by atoms with Crippen molar-refractivity contribution in [2.75, 3.05) is 5.32 Å². The zero-order valence-electron chi connectivity index (χ0n) is 13.0. The molecule has 5 nitrogen and oxygen atoms in total. The van der Waals surface area contributed by atoms with Crippen LogP contribution in [0.1, 0.15) is 16.1 Å². The van der Waals surface area contributed by atoms with Crippen LogP contribution in [0.25, 0.3) is 0 Å². The Hall–Kier alpha value is -3.35. The smallest absolute Gasteiger partial charge is 0.272 e. The summed E-state index contributed by atoms with van der Waals surface area (Å²) in [6.45, 7) is 0.385. The first-order chi connectivity index (χ1) is 12.1. The van der Waals surface area contributed by atoms with Crippen molar-refractivity contribution < 1.29 is 13.6 Å². The summed E-state index contributed by atoms with van der Waals surface area (Å²) < 4.78 is 26.1. The zero-order valence-corrected chi connectivity index (χ0v) is 13.0. The Labute approximate surface area is 142 Å². The predicted molar refractivity (Wildman–Crippen MR) is 89.3 cm³/mol. The molecule has 2 aromatic carbocycles. The highest BCUT2D eigenvalue weighted by Gasteiger charge is 2.09. The second-order valence-electron chi connectivity index (χ2n) is 5.23. The molecule has 25 heavy (non-hydrogen) atoms. The summed E-state index contributed by atoms with van der Waals surface area (Å²) in [6.07, 6.45) is 0. The molecule has 3 rings (SSSR count). The van der Waals surface area contributed by atoms with E-state index in [4.69, 9.17) is 0 Å². The standard InChI is InChI=1S/C18H14F2N4O/c19-14-7-6-13(10-15(14)20)22-17-9-8-16(23-24-17)18(25)21-11-12-4-2-1-3-5-12/h1-10H,11H2,(H,21,25)(H,22,24). The number of carbonyl (C=O) groups is 1. The second kappa shape index (κ2) is 7.48. The van der Waals surface area contributed by atoms with E-state index in [0.717, 1.165) is 17.7 Å². The molecule has 0 unspecified atom stereocenters. The van der Waals surface area contributed by atoms with E-state index >= 15 is 0 Å². The molecular weight excluding hydrogens is 326 g/mol. The van der Waals surface area contributed by atoms with Gasteiger partial charge in [0.15, 0.2) is 23.1 Å². The number of benzene rings is 2. The van der Waals surface area contributed by atoms with E-state index in [1.807, 2.05) is 30.3 Å². The number of nitrogens with one attached hydrogen (secondary N) is 2. The molecular formula is C18H14F2N4O. The molecule has 1 aromatic heterocycles. The van der Waals surface area contributed by atoms with Crippen LogP contribution in [0.5, 0.6) is 0 Å². The number of rotatable bonds is 5. The number of aromatic nitrogens is 2. The Kier molecular flexibility index (Phi) is 4.94. The van der Waals surface area contributed by atoms with Crippen LogP contribution in [0, 0.1) is 11.6 Å². The van der Waals surface area contributed by atoms with Gasteiger partial charge in [-0.3, -0.25) is 4.79 Å². The predicted octanol–water partition coefficient (Wildman–Crippen LogP) is 3.43. The SMILES string of the molecule is O=C(NCc1ccccc1)c1ccc(Nc2ccc(F)c(F)c2)nn1. The molecule has 3 aromatic rings. The Morgan fingerprint density at radius 1 is 0.920 bits per heavy atom. The fourth-order valence-corrected chi connectivity index (χ4v) is 2.11. The normalized spacial score (nSPS) is 10.3. The fourth-order valence-electron chi connectivity index (χ4n) is 2.11. The Bertz CT molecular complexity index is 870. The van der Waals surface area contributed by atoms with Gasteiger partial charge in [0, 0.05) is 18.3 Å². The summed E-state index contributed by atoms with van der Waals surface area (Å²) in [7, 11) is 0. The largest absolute Gasteiger partial charge is 0.347 e. The molecule has 0 bridgehead atoms. The van der Waals surface area contributed by atoms with Crippen molar-refractivity contribution >= 4 is 17.4 Å². The average molecular weight is 340 g/mol. The van der Waals surface area contributed by atoms with Gasteiger partial charge in [0.05, 0.1) is 0 Å². The van der Waals surface area contributed by atoms with Crippen molar-refractivity contribution in [3.05, 3.63) is 83.6 Å². The molecule has 2 N–H and O–H groups in total. The summed E-state index contributed by atoms with van der Waals surface area (Å²) in [4.78, 5) is 12.0. The lowest BCUT2D eigenvalue weighted by molar-refractivity contribution is 0.0945. The third-order valence-corrected chi connectivity index (χ3v) is 3.39. The van der Waals surface area contributed by atoms with Crippen molar-refractivity contribution in [3.8, 4) is 0 Å². The van der Waals surface area contributed by atoms with E-state index in [2.05, 4.69) is 20.8 Å². The van der Waals surface area contributed by atoms with Gasteiger partial charge in [-0.05, 0) is 29.8 Å². The number of carbonyl (C=O) groups excluding carboxylic acids is 1. The molecule has 0 saturated carbocycles. The second-order valence-corrected chi connectivity index (χ2v) is 5.23. The number of amides is 1. The Morgan fingerprint density at radius 2 is 1.72 bits per heavy atom. The fraction of sp³-hybridized carbons (Fsp3) is 0.0556. The van der Waals surface area contributed by atoms with Gasteiger partial charge in [-0.15, -0.1) is 10.2 Å². The molecule has 0 saturated heterocycles. The minimum Gasteiger partial charge on any atom is -0.347 e. The lowest BCUT2D eigenvalue weighted by atomic mass is 10.2. The van der Waals surface area contributed by atoms with Crippen molar-refractivity contribution in [2.24, 2.45) is 0 Å². The van der Waals surface area contributed by atoms with E-state index < -0.39 is 11.6 Å². The van der Waals surface area contributed by atoms with E-state index in [9.17, 15) is 13.6 Å². The quantitative estimate of drug-likeness (QED) is 0.747. The van der Waals surface area contributed by atoms with Crippen LogP contribution in [-0.2, 0) is 6.54 Å². The van der Waals surface area contributed by atoms with Crippen LogP contribution in [-0.4, -0.2) is 16.1 Å². The average Bonchev–Trinajstić information content (AvgIpc) is 2.64. The van der Waals surface area contributed by atoms with Crippen molar-refractivity contribution in [1.82, 2.24) is 15.5 Å². The van der Waals surface area contributed by atoms with Gasteiger partial charge in [0.2, 0.25) is 0 Å². The maximum absolute atomic E-state index is 13.2. The molecule has 126 valence electrons. The minimum atomic E-state index is -0.963. The molecule has 0 radical (unpaired) electrons. The Balaban J connectivity index is 1.61. The first-order valence-electron chi connectivity index (χ1n) is 7.50. The van der Waals surface area contributed by atoms with Gasteiger partial charge in [-0.2, -0.15) is 0 Å². The number of hydrogen-bond donors (Lipinski definition) is 2. The summed E-state index contributed by atoms with van der Waals surface area (Å²) in [5, 5.41) is 13.2. The van der Waals surface area contributed by atoms with E-state index in [1.54, 1.807) is 0 Å². The molecule has 1 amide bonds. The van der Waals surface area contributed by atoms with Gasteiger partial charge < -0.3 is 10.6 Å². The first-order valence-corrected chi connectivity index (χ1v) is 7.50. The van der Waals surface area contributed by atoms with E-state index in [-0.39, 0.29) is 11.6 Å². The number of anilines is 2. The molecule has 0 aliphatic rings. The van der Waals surface area contributed by atoms with Gasteiger partial charge in [-0.25, -0.2) is 8.78 Å². The maximum Gasteiger partial charge on any atom is 0.272 e. The summed E-state index contributed by atoms with van der Waals surface area (Å²) >= 11 is 0. The van der Waals surface area contributed by atoms with Crippen molar-refractivity contribution in [1.29, 1.82) is 0 Å². The lowest BCUT2D eigenvalue weighted by Crippen LogP contribution is -2.24. The van der Waals surface area contributed by atoms with Crippen LogP contribution in [0.4, 0.5) is 20.3 Å². The monoisotopic (exact) mass is 340 g/mol. The molecule has 0 fully saturated rings. The van der Waals surface area contributed by atoms with Crippen LogP contribution < -0.4 is 10.6 Å². The van der Waals surface area contributed by atoms with Gasteiger partial charge in [0.25, 0.3) is 5.91 Å². The van der Waals surface area contributed by atoms with Gasteiger partial charge >= 0.3 is 0 Å². The van der Waals surface area contributed by atoms with Crippen LogP contribution in [0.3, 0.4) is 0 Å². The summed E-state index contributed by atoms with van der Waals surface area (Å²) in [6, 6.07) is 15.9. The van der Waals surface area contributed by atoms with E-state index in [1.165, 1.54) is 18.2 Å². The van der Waals surface area contributed by atoms with Crippen LogP contribution >= 0.6 is 0 Å². The first kappa shape index (κ1) is 16.5. The number of nitrogens with zero attached hydrogens (tertiary/aromatic N) is 2. The molecule has 0 aliphatic carbocycles. The third-order valence-electron chi connectivity index (χ3n) is 3.39. The van der Waals surface area contributed by atoms with Crippen LogP contribution in [0.2, 0.25) is 0 Å². The van der Waals surface area contributed by atoms with E-state index in [0.29, 0.717) is 18.1 Å².